The molecule has 0 radical (unpaired) electrons. The van der Waals surface area contributed by atoms with Crippen LogP contribution in [0, 0.1) is 0 Å². The molecule has 1 heterocycles. The molecule has 164 valence electrons. The van der Waals surface area contributed by atoms with E-state index in [2.05, 4.69) is 20.5 Å². The van der Waals surface area contributed by atoms with Gasteiger partial charge < -0.3 is 25.0 Å². The Labute approximate surface area is 191 Å². The van der Waals surface area contributed by atoms with Crippen LogP contribution in [0.3, 0.4) is 0 Å². The van der Waals surface area contributed by atoms with Crippen LogP contribution in [0.1, 0.15) is 18.9 Å². The first-order valence-corrected chi connectivity index (χ1v) is 9.64. The summed E-state index contributed by atoms with van der Waals surface area (Å²) in [6.45, 7) is 5.64. The van der Waals surface area contributed by atoms with E-state index in [9.17, 15) is 4.79 Å². The van der Waals surface area contributed by atoms with Crippen LogP contribution in [0.15, 0.2) is 23.2 Å². The Balaban J connectivity index is 0.00000420. The number of nitrogens with one attached hydrogen (secondary N) is 2. The summed E-state index contributed by atoms with van der Waals surface area (Å²) in [4.78, 5) is 20.1. The van der Waals surface area contributed by atoms with Crippen LogP contribution in [-0.2, 0) is 11.3 Å². The van der Waals surface area contributed by atoms with Gasteiger partial charge in [0.25, 0.3) is 0 Å². The Kier molecular flexibility index (Phi) is 11.1. The molecular weight excluding hydrogens is 485 g/mol. The molecule has 1 amide bonds. The number of methoxy groups -OCH3 is 2. The van der Waals surface area contributed by atoms with E-state index in [-0.39, 0.29) is 36.4 Å². The molecule has 29 heavy (non-hydrogen) atoms. The molecule has 1 atom stereocenters. The molecule has 0 spiro atoms. The van der Waals surface area contributed by atoms with E-state index in [0.29, 0.717) is 12.0 Å². The predicted molar refractivity (Wildman–Crippen MR) is 126 cm³/mol. The molecule has 9 heteroatoms. The maximum absolute atomic E-state index is 11.8. The second-order valence-corrected chi connectivity index (χ2v) is 7.07. The van der Waals surface area contributed by atoms with E-state index in [1.807, 2.05) is 25.1 Å². The highest BCUT2D eigenvalue weighted by molar-refractivity contribution is 14.0. The average Bonchev–Trinajstić information content (AvgIpc) is 3.12. The van der Waals surface area contributed by atoms with Gasteiger partial charge in [0.05, 0.1) is 14.2 Å². The van der Waals surface area contributed by atoms with Gasteiger partial charge in [-0.3, -0.25) is 9.69 Å². The van der Waals surface area contributed by atoms with Gasteiger partial charge in [-0.05, 0) is 31.0 Å². The van der Waals surface area contributed by atoms with Crippen molar-refractivity contribution in [1.29, 1.82) is 0 Å². The average molecular weight is 519 g/mol. The lowest BCUT2D eigenvalue weighted by molar-refractivity contribution is -0.127. The zero-order valence-corrected chi connectivity index (χ0v) is 20.4. The molecule has 2 rings (SSSR count). The van der Waals surface area contributed by atoms with Gasteiger partial charge in [-0.1, -0.05) is 0 Å². The fraction of sp³-hybridized carbons (Fsp3) is 0.600. The summed E-state index contributed by atoms with van der Waals surface area (Å²) in [5.74, 6) is 2.27. The minimum atomic E-state index is -0.0165. The Hall–Kier alpha value is -1.75. The number of aliphatic imine (C=N–C) groups is 1. The van der Waals surface area contributed by atoms with Crippen molar-refractivity contribution >= 4 is 35.8 Å². The van der Waals surface area contributed by atoms with E-state index >= 15 is 0 Å². The maximum Gasteiger partial charge on any atom is 0.243 e. The molecule has 8 nitrogen and oxygen atoms in total. The fourth-order valence-electron chi connectivity index (χ4n) is 3.11. The highest BCUT2D eigenvalue weighted by Crippen LogP contribution is 2.24. The number of hydrogen-bond donors (Lipinski definition) is 2. The first kappa shape index (κ1) is 25.3. The molecule has 1 aliphatic heterocycles. The van der Waals surface area contributed by atoms with Crippen molar-refractivity contribution in [3.8, 4) is 11.5 Å². The van der Waals surface area contributed by atoms with Gasteiger partial charge in [-0.15, -0.1) is 24.0 Å². The zero-order chi connectivity index (χ0) is 20.5. The van der Waals surface area contributed by atoms with Crippen LogP contribution in [-0.4, -0.2) is 82.2 Å². The van der Waals surface area contributed by atoms with Crippen molar-refractivity contribution in [3.05, 3.63) is 23.8 Å². The van der Waals surface area contributed by atoms with E-state index in [1.165, 1.54) is 0 Å². The third-order valence-corrected chi connectivity index (χ3v) is 4.65. The quantitative estimate of drug-likeness (QED) is 0.308. The summed E-state index contributed by atoms with van der Waals surface area (Å²) in [5.41, 5.74) is 1.16. The Morgan fingerprint density at radius 2 is 1.90 bits per heavy atom. The zero-order valence-electron chi connectivity index (χ0n) is 18.0. The van der Waals surface area contributed by atoms with Crippen LogP contribution in [0.5, 0.6) is 11.5 Å². The fourth-order valence-corrected chi connectivity index (χ4v) is 3.11. The van der Waals surface area contributed by atoms with E-state index in [1.54, 1.807) is 33.2 Å². The number of carbonyl (C=O) groups is 1. The molecule has 1 aromatic carbocycles. The lowest BCUT2D eigenvalue weighted by Gasteiger charge is -2.19. The highest BCUT2D eigenvalue weighted by atomic mass is 127. The van der Waals surface area contributed by atoms with Crippen molar-refractivity contribution in [2.75, 3.05) is 54.5 Å². The maximum atomic E-state index is 11.8. The Morgan fingerprint density at radius 3 is 2.45 bits per heavy atom. The van der Waals surface area contributed by atoms with Gasteiger partial charge in [0.1, 0.15) is 18.0 Å². The molecule has 1 aromatic rings. The molecule has 0 saturated carbocycles. The van der Waals surface area contributed by atoms with Gasteiger partial charge in [0, 0.05) is 52.4 Å². The third kappa shape index (κ3) is 8.25. The van der Waals surface area contributed by atoms with Crippen LogP contribution in [0.2, 0.25) is 0 Å². The molecule has 1 aliphatic rings. The second kappa shape index (κ2) is 12.7. The van der Waals surface area contributed by atoms with Crippen molar-refractivity contribution < 1.29 is 14.3 Å². The van der Waals surface area contributed by atoms with Gasteiger partial charge in [-0.2, -0.15) is 0 Å². The molecular formula is C20H34IN5O3. The molecule has 0 bridgehead atoms. The van der Waals surface area contributed by atoms with Crippen LogP contribution in [0.25, 0.3) is 0 Å². The monoisotopic (exact) mass is 519 g/mol. The van der Waals surface area contributed by atoms with E-state index < -0.39 is 0 Å². The van der Waals surface area contributed by atoms with Crippen LogP contribution >= 0.6 is 24.0 Å². The summed E-state index contributed by atoms with van der Waals surface area (Å²) >= 11 is 0. The van der Waals surface area contributed by atoms with Crippen molar-refractivity contribution in [1.82, 2.24) is 20.4 Å². The summed E-state index contributed by atoms with van der Waals surface area (Å²) in [5, 5.41) is 6.66. The number of carbonyl (C=O) groups excluding carboxylic acids is 1. The SMILES string of the molecule is CCNC(=NCC(=O)N(C)C)NC1CCN(Cc2cc(OC)cc(OC)c2)C1.I. The number of halogens is 1. The minimum absolute atomic E-state index is 0. The number of nitrogens with zero attached hydrogens (tertiary/aromatic N) is 3. The molecule has 1 unspecified atom stereocenters. The number of hydrogen-bond acceptors (Lipinski definition) is 5. The number of likely N-dealkylation sites (N-methyl/N-ethyl adjacent to an activating group) is 1. The van der Waals surface area contributed by atoms with Crippen LogP contribution in [0.4, 0.5) is 0 Å². The summed E-state index contributed by atoms with van der Waals surface area (Å²) in [6.07, 6.45) is 1.02. The van der Waals surface area contributed by atoms with E-state index in [4.69, 9.17) is 9.47 Å². The lowest BCUT2D eigenvalue weighted by Crippen LogP contribution is -2.45. The van der Waals surface area contributed by atoms with Crippen molar-refractivity contribution in [3.63, 3.8) is 0 Å². The largest absolute Gasteiger partial charge is 0.497 e. The standard InChI is InChI=1S/C20H33N5O3.HI/c1-6-21-20(22-12-19(26)24(2)3)23-16-7-8-25(14-16)13-15-9-17(27-4)11-18(10-15)28-5;/h9-11,16H,6-8,12-14H2,1-5H3,(H2,21,22,23);1H. The molecule has 1 fully saturated rings. The lowest BCUT2D eigenvalue weighted by atomic mass is 10.2. The number of benzene rings is 1. The van der Waals surface area contributed by atoms with Crippen molar-refractivity contribution in [2.45, 2.75) is 25.9 Å². The normalized spacial score (nSPS) is 16.7. The van der Waals surface area contributed by atoms with Crippen LogP contribution < -0.4 is 20.1 Å². The minimum Gasteiger partial charge on any atom is -0.497 e. The molecule has 2 N–H and O–H groups in total. The Morgan fingerprint density at radius 1 is 1.24 bits per heavy atom. The third-order valence-electron chi connectivity index (χ3n) is 4.65. The molecule has 1 saturated heterocycles. The summed E-state index contributed by atoms with van der Waals surface area (Å²) < 4.78 is 10.7. The summed E-state index contributed by atoms with van der Waals surface area (Å²) in [7, 11) is 6.80. The van der Waals surface area contributed by atoms with Gasteiger partial charge in [-0.25, -0.2) is 4.99 Å². The number of ether oxygens (including phenoxy) is 2. The van der Waals surface area contributed by atoms with E-state index in [0.717, 1.165) is 49.7 Å². The topological polar surface area (TPSA) is 78.4 Å². The first-order valence-electron chi connectivity index (χ1n) is 9.64. The number of rotatable bonds is 8. The Bertz CT molecular complexity index is 662. The van der Waals surface area contributed by atoms with Gasteiger partial charge in [0.15, 0.2) is 5.96 Å². The van der Waals surface area contributed by atoms with Crippen molar-refractivity contribution in [2.24, 2.45) is 4.99 Å². The van der Waals surface area contributed by atoms with Gasteiger partial charge >= 0.3 is 0 Å². The van der Waals surface area contributed by atoms with Gasteiger partial charge in [0.2, 0.25) is 5.91 Å². The molecule has 0 aliphatic carbocycles. The smallest absolute Gasteiger partial charge is 0.243 e. The number of guanidine groups is 1. The molecule has 0 aromatic heterocycles. The first-order chi connectivity index (χ1) is 13.4. The summed E-state index contributed by atoms with van der Waals surface area (Å²) in [6, 6.07) is 6.26. The number of likely N-dealkylation sites (tertiary alicyclic amines) is 1. The predicted octanol–water partition coefficient (Wildman–Crippen LogP) is 1.54. The highest BCUT2D eigenvalue weighted by Gasteiger charge is 2.23. The number of amides is 1. The second-order valence-electron chi connectivity index (χ2n) is 7.07.